The average Bonchev–Trinajstić information content (AvgIpc) is 2.16. The van der Waals surface area contributed by atoms with Crippen molar-refractivity contribution in [3.8, 4) is 0 Å². The summed E-state index contributed by atoms with van der Waals surface area (Å²) in [5, 5.41) is 0. The van der Waals surface area contributed by atoms with E-state index in [1.54, 1.807) is 0 Å². The van der Waals surface area contributed by atoms with Crippen LogP contribution in [0.25, 0.3) is 0 Å². The zero-order chi connectivity index (χ0) is 9.68. The van der Waals surface area contributed by atoms with Gasteiger partial charge in [-0.1, -0.05) is 18.2 Å². The molecule has 0 saturated heterocycles. The Hall–Kier alpha value is -1.31. The van der Waals surface area contributed by atoms with Gasteiger partial charge in [0.1, 0.15) is 0 Å². The van der Waals surface area contributed by atoms with E-state index in [2.05, 4.69) is 16.0 Å². The Labute approximate surface area is 80.0 Å². The summed E-state index contributed by atoms with van der Waals surface area (Å²) < 4.78 is 0. The van der Waals surface area contributed by atoms with E-state index in [9.17, 15) is 0 Å². The minimum absolute atomic E-state index is 0.948. The summed E-state index contributed by atoms with van der Waals surface area (Å²) in [7, 11) is 2.03. The molecule has 0 radical (unpaired) electrons. The number of likely N-dealkylation sites (N-methyl/N-ethyl adjacent to an activating group) is 1. The van der Waals surface area contributed by atoms with Gasteiger partial charge in [-0.25, -0.2) is 4.99 Å². The molecule has 0 N–H and O–H groups in total. The van der Waals surface area contributed by atoms with Gasteiger partial charge in [-0.05, 0) is 25.5 Å². The van der Waals surface area contributed by atoms with E-state index in [0.29, 0.717) is 0 Å². The Morgan fingerprint density at radius 2 is 2.23 bits per heavy atom. The molecule has 2 nitrogen and oxygen atoms in total. The highest BCUT2D eigenvalue weighted by Crippen LogP contribution is 2.16. The second-order valence-corrected chi connectivity index (χ2v) is 3.05. The molecule has 0 amide bonds. The molecule has 1 rings (SSSR count). The first-order chi connectivity index (χ1) is 6.27. The monoisotopic (exact) mass is 176 g/mol. The third kappa shape index (κ3) is 2.58. The fourth-order valence-corrected chi connectivity index (χ4v) is 1.21. The SMILES string of the molecule is C\C=C/C=C1/N=CN(C)C/C1=C/C. The van der Waals surface area contributed by atoms with Crippen LogP contribution >= 0.6 is 0 Å². The number of allylic oxidation sites excluding steroid dienone is 4. The maximum atomic E-state index is 4.34. The lowest BCUT2D eigenvalue weighted by atomic mass is 10.1. The van der Waals surface area contributed by atoms with Gasteiger partial charge in [-0.2, -0.15) is 0 Å². The number of rotatable bonds is 1. The van der Waals surface area contributed by atoms with Gasteiger partial charge in [-0.15, -0.1) is 0 Å². The molecule has 0 aromatic heterocycles. The first-order valence-corrected chi connectivity index (χ1v) is 4.51. The zero-order valence-corrected chi connectivity index (χ0v) is 8.49. The standard InChI is InChI=1S/C11H16N2/c1-4-6-7-11-10(5-2)8-13(3)9-12-11/h4-7,9H,8H2,1-3H3/b6-4-,10-5-,11-7+. The smallest absolute Gasteiger partial charge is 0.0912 e. The third-order valence-electron chi connectivity index (χ3n) is 1.94. The fourth-order valence-electron chi connectivity index (χ4n) is 1.21. The van der Waals surface area contributed by atoms with Crippen molar-refractivity contribution in [3.05, 3.63) is 35.6 Å². The lowest BCUT2D eigenvalue weighted by molar-refractivity contribution is 0.555. The Bertz CT molecular complexity index is 282. The Kier molecular flexibility index (Phi) is 3.50. The van der Waals surface area contributed by atoms with E-state index < -0.39 is 0 Å². The molecule has 0 fully saturated rings. The summed E-state index contributed by atoms with van der Waals surface area (Å²) in [6.07, 6.45) is 10.0. The Morgan fingerprint density at radius 1 is 1.46 bits per heavy atom. The van der Waals surface area contributed by atoms with Crippen LogP contribution in [-0.4, -0.2) is 24.8 Å². The zero-order valence-electron chi connectivity index (χ0n) is 8.49. The molecule has 13 heavy (non-hydrogen) atoms. The van der Waals surface area contributed by atoms with Crippen molar-refractivity contribution in [3.63, 3.8) is 0 Å². The normalized spacial score (nSPS) is 23.8. The van der Waals surface area contributed by atoms with Gasteiger partial charge in [0.15, 0.2) is 0 Å². The Morgan fingerprint density at radius 3 is 2.85 bits per heavy atom. The molecule has 1 heterocycles. The van der Waals surface area contributed by atoms with Gasteiger partial charge in [0, 0.05) is 13.6 Å². The molecule has 0 aliphatic carbocycles. The van der Waals surface area contributed by atoms with Crippen LogP contribution < -0.4 is 0 Å². The predicted octanol–water partition coefficient (Wildman–Crippen LogP) is 2.37. The highest BCUT2D eigenvalue weighted by Gasteiger charge is 2.08. The van der Waals surface area contributed by atoms with Gasteiger partial charge >= 0.3 is 0 Å². The molecular weight excluding hydrogens is 160 g/mol. The van der Waals surface area contributed by atoms with Crippen LogP contribution in [0.15, 0.2) is 40.6 Å². The molecule has 0 spiro atoms. The largest absolute Gasteiger partial charge is 0.361 e. The molecule has 0 saturated carbocycles. The summed E-state index contributed by atoms with van der Waals surface area (Å²) in [5.41, 5.74) is 2.35. The number of aliphatic imine (C=N–C) groups is 1. The van der Waals surface area contributed by atoms with Crippen molar-refractivity contribution in [1.29, 1.82) is 0 Å². The molecule has 0 bridgehead atoms. The van der Waals surface area contributed by atoms with Crippen LogP contribution in [0.4, 0.5) is 0 Å². The van der Waals surface area contributed by atoms with E-state index in [1.807, 2.05) is 45.5 Å². The van der Waals surface area contributed by atoms with E-state index in [-0.39, 0.29) is 0 Å². The van der Waals surface area contributed by atoms with E-state index >= 15 is 0 Å². The lowest BCUT2D eigenvalue weighted by Crippen LogP contribution is -2.23. The highest BCUT2D eigenvalue weighted by atomic mass is 15.1. The number of hydrogen-bond acceptors (Lipinski definition) is 2. The summed E-state index contributed by atoms with van der Waals surface area (Å²) in [5.74, 6) is 0. The molecule has 0 unspecified atom stereocenters. The van der Waals surface area contributed by atoms with Gasteiger partial charge in [0.25, 0.3) is 0 Å². The maximum absolute atomic E-state index is 4.34. The fraction of sp³-hybridized carbons (Fsp3) is 0.364. The average molecular weight is 176 g/mol. The topological polar surface area (TPSA) is 15.6 Å². The van der Waals surface area contributed by atoms with E-state index in [1.165, 1.54) is 5.57 Å². The molecule has 1 aliphatic rings. The Balaban J connectivity index is 2.90. The van der Waals surface area contributed by atoms with Crippen LogP contribution in [0, 0.1) is 0 Å². The van der Waals surface area contributed by atoms with Crippen LogP contribution in [0.1, 0.15) is 13.8 Å². The summed E-state index contributed by atoms with van der Waals surface area (Å²) in [4.78, 5) is 6.41. The minimum Gasteiger partial charge on any atom is -0.361 e. The lowest BCUT2D eigenvalue weighted by Gasteiger charge is -2.21. The van der Waals surface area contributed by atoms with E-state index in [0.717, 1.165) is 12.2 Å². The minimum atomic E-state index is 0.948. The highest BCUT2D eigenvalue weighted by molar-refractivity contribution is 5.62. The van der Waals surface area contributed by atoms with E-state index in [4.69, 9.17) is 0 Å². The maximum Gasteiger partial charge on any atom is 0.0912 e. The van der Waals surface area contributed by atoms with Crippen molar-refractivity contribution in [1.82, 2.24) is 4.90 Å². The first-order valence-electron chi connectivity index (χ1n) is 4.51. The molecule has 2 heteroatoms. The molecule has 0 aromatic rings. The van der Waals surface area contributed by atoms with Gasteiger partial charge in [0.05, 0.1) is 12.0 Å². The van der Waals surface area contributed by atoms with Gasteiger partial charge in [-0.3, -0.25) is 0 Å². The molecule has 70 valence electrons. The second-order valence-electron chi connectivity index (χ2n) is 3.05. The van der Waals surface area contributed by atoms with Crippen LogP contribution in [0.2, 0.25) is 0 Å². The second kappa shape index (κ2) is 4.65. The molecule has 1 aliphatic heterocycles. The number of hydrogen-bond donors (Lipinski definition) is 0. The summed E-state index contributed by atoms with van der Waals surface area (Å²) in [6, 6.07) is 0. The molecule has 0 atom stereocenters. The summed E-state index contributed by atoms with van der Waals surface area (Å²) in [6.45, 7) is 5.00. The van der Waals surface area contributed by atoms with Gasteiger partial charge in [0.2, 0.25) is 0 Å². The van der Waals surface area contributed by atoms with Crippen LogP contribution in [0.3, 0.4) is 0 Å². The van der Waals surface area contributed by atoms with Crippen molar-refractivity contribution in [2.24, 2.45) is 4.99 Å². The summed E-state index contributed by atoms with van der Waals surface area (Å²) >= 11 is 0. The first kappa shape index (κ1) is 9.78. The van der Waals surface area contributed by atoms with Crippen molar-refractivity contribution >= 4 is 6.34 Å². The third-order valence-corrected chi connectivity index (χ3v) is 1.94. The van der Waals surface area contributed by atoms with Crippen molar-refractivity contribution < 1.29 is 0 Å². The van der Waals surface area contributed by atoms with Crippen LogP contribution in [-0.2, 0) is 0 Å². The van der Waals surface area contributed by atoms with Gasteiger partial charge < -0.3 is 4.90 Å². The van der Waals surface area contributed by atoms with Crippen LogP contribution in [0.5, 0.6) is 0 Å². The van der Waals surface area contributed by atoms with Crippen molar-refractivity contribution in [2.45, 2.75) is 13.8 Å². The quantitative estimate of drug-likeness (QED) is 0.599. The number of nitrogens with zero attached hydrogens (tertiary/aromatic N) is 2. The molecular formula is C11H16N2. The molecule has 0 aromatic carbocycles. The van der Waals surface area contributed by atoms with Crippen molar-refractivity contribution in [2.75, 3.05) is 13.6 Å². The predicted molar refractivity (Wildman–Crippen MR) is 57.8 cm³/mol.